The molecule has 2 nitrogen and oxygen atoms in total. The summed E-state index contributed by atoms with van der Waals surface area (Å²) in [5, 5.41) is -0.855. The summed E-state index contributed by atoms with van der Waals surface area (Å²) in [5.41, 5.74) is 0. The van der Waals surface area contributed by atoms with Crippen molar-refractivity contribution in [2.24, 2.45) is 23.7 Å². The van der Waals surface area contributed by atoms with E-state index in [9.17, 15) is 9.59 Å². The van der Waals surface area contributed by atoms with Gasteiger partial charge >= 0.3 is 0 Å². The highest BCUT2D eigenvalue weighted by Crippen LogP contribution is 2.46. The average molecular weight is 233 g/mol. The Bertz CT molecular complexity index is 281. The zero-order valence-electron chi connectivity index (χ0n) is 7.45. The van der Waals surface area contributed by atoms with Crippen molar-refractivity contribution >= 4 is 33.7 Å². The third kappa shape index (κ3) is 1.51. The van der Waals surface area contributed by atoms with Gasteiger partial charge in [-0.2, -0.15) is 0 Å². The largest absolute Gasteiger partial charge is 0.281 e. The zero-order valence-corrected chi connectivity index (χ0v) is 8.96. The van der Waals surface area contributed by atoms with Gasteiger partial charge in [-0.1, -0.05) is 12.2 Å². The van der Waals surface area contributed by atoms with E-state index in [0.717, 1.165) is 12.8 Å². The minimum atomic E-state index is -0.428. The van der Waals surface area contributed by atoms with E-state index in [4.69, 9.17) is 23.2 Å². The number of halogens is 2. The molecule has 0 radical (unpaired) electrons. The van der Waals surface area contributed by atoms with Crippen molar-refractivity contribution in [3.63, 3.8) is 0 Å². The first-order chi connectivity index (χ1) is 6.61. The Labute approximate surface area is 92.3 Å². The summed E-state index contributed by atoms with van der Waals surface area (Å²) >= 11 is 11.0. The lowest BCUT2D eigenvalue weighted by molar-refractivity contribution is -0.129. The normalized spacial score (nSPS) is 39.9. The van der Waals surface area contributed by atoms with Gasteiger partial charge in [-0.05, 0) is 47.9 Å². The summed E-state index contributed by atoms with van der Waals surface area (Å²) in [4.78, 5) is 22.4. The Morgan fingerprint density at radius 2 is 1.29 bits per heavy atom. The summed E-state index contributed by atoms with van der Waals surface area (Å²) in [6, 6.07) is 0. The molecule has 3 aliphatic carbocycles. The smallest absolute Gasteiger partial charge is 0.226 e. The molecule has 3 aliphatic rings. The second-order valence-electron chi connectivity index (χ2n) is 3.95. The van der Waals surface area contributed by atoms with Gasteiger partial charge in [-0.15, -0.1) is 0 Å². The van der Waals surface area contributed by atoms with E-state index >= 15 is 0 Å². The molecular weight excluding hydrogens is 223 g/mol. The van der Waals surface area contributed by atoms with E-state index in [2.05, 4.69) is 0 Å². The number of hydrogen-bond donors (Lipinski definition) is 0. The first-order valence-corrected chi connectivity index (χ1v) is 5.44. The molecule has 0 aliphatic heterocycles. The zero-order chi connectivity index (χ0) is 10.3. The van der Waals surface area contributed by atoms with Gasteiger partial charge in [0.1, 0.15) is 0 Å². The third-order valence-electron chi connectivity index (χ3n) is 3.27. The molecule has 0 aromatic heterocycles. The summed E-state index contributed by atoms with van der Waals surface area (Å²) in [5.74, 6) is -0.578. The second kappa shape index (κ2) is 3.67. The van der Waals surface area contributed by atoms with Crippen molar-refractivity contribution in [1.82, 2.24) is 0 Å². The van der Waals surface area contributed by atoms with Gasteiger partial charge in [0.15, 0.2) is 0 Å². The molecule has 0 amide bonds. The number of fused-ring (bicyclic) bond motifs is 2. The maximum absolute atomic E-state index is 11.2. The highest BCUT2D eigenvalue weighted by Gasteiger charge is 2.46. The van der Waals surface area contributed by atoms with Crippen LogP contribution in [0.4, 0.5) is 0 Å². The fourth-order valence-electron chi connectivity index (χ4n) is 2.61. The van der Waals surface area contributed by atoms with E-state index in [1.807, 2.05) is 12.2 Å². The van der Waals surface area contributed by atoms with Crippen LogP contribution in [0.3, 0.4) is 0 Å². The van der Waals surface area contributed by atoms with Gasteiger partial charge in [0.2, 0.25) is 10.5 Å². The predicted octanol–water partition coefficient (Wildman–Crippen LogP) is 2.35. The second-order valence-corrected chi connectivity index (χ2v) is 4.69. The molecule has 2 bridgehead atoms. The summed E-state index contributed by atoms with van der Waals surface area (Å²) in [6.45, 7) is 0. The number of allylic oxidation sites excluding steroid dienone is 2. The van der Waals surface area contributed by atoms with Gasteiger partial charge < -0.3 is 0 Å². The lowest BCUT2D eigenvalue weighted by Crippen LogP contribution is -2.42. The topological polar surface area (TPSA) is 34.1 Å². The molecule has 3 rings (SSSR count). The van der Waals surface area contributed by atoms with Crippen LogP contribution in [0.2, 0.25) is 0 Å². The van der Waals surface area contributed by atoms with Crippen LogP contribution in [-0.2, 0) is 9.59 Å². The Morgan fingerprint density at radius 3 is 1.50 bits per heavy atom. The Morgan fingerprint density at radius 1 is 0.929 bits per heavy atom. The molecule has 4 atom stereocenters. The van der Waals surface area contributed by atoms with Gasteiger partial charge in [-0.3, -0.25) is 9.59 Å². The molecular formula is C10H10Cl2O2. The van der Waals surface area contributed by atoms with Gasteiger partial charge in [0, 0.05) is 0 Å². The van der Waals surface area contributed by atoms with Gasteiger partial charge in [0.05, 0.1) is 11.8 Å². The summed E-state index contributed by atoms with van der Waals surface area (Å²) < 4.78 is 0. The van der Waals surface area contributed by atoms with Crippen LogP contribution in [0.15, 0.2) is 12.2 Å². The van der Waals surface area contributed by atoms with Crippen LogP contribution in [0.25, 0.3) is 0 Å². The van der Waals surface area contributed by atoms with Crippen molar-refractivity contribution < 1.29 is 9.59 Å². The molecule has 1 fully saturated rings. The number of hydrogen-bond acceptors (Lipinski definition) is 2. The standard InChI is InChI=1S/C10H10Cl2O2/c11-9(13)7-5-1-2-6(4-3-5)8(7)10(12)14/h1-2,5-8H,3-4H2. The molecule has 0 N–H and O–H groups in total. The molecule has 76 valence electrons. The third-order valence-corrected chi connectivity index (χ3v) is 3.78. The quantitative estimate of drug-likeness (QED) is 0.541. The minimum Gasteiger partial charge on any atom is -0.281 e. The number of rotatable bonds is 2. The molecule has 0 aromatic carbocycles. The van der Waals surface area contributed by atoms with Gasteiger partial charge in [-0.25, -0.2) is 0 Å². The van der Waals surface area contributed by atoms with E-state index in [1.165, 1.54) is 0 Å². The van der Waals surface area contributed by atoms with E-state index in [0.29, 0.717) is 0 Å². The first kappa shape index (κ1) is 10.2. The molecule has 0 saturated heterocycles. The predicted molar refractivity (Wildman–Crippen MR) is 54.1 cm³/mol. The van der Waals surface area contributed by atoms with Crippen LogP contribution in [0, 0.1) is 23.7 Å². The maximum atomic E-state index is 11.2. The first-order valence-electron chi connectivity index (χ1n) is 4.68. The maximum Gasteiger partial charge on any atom is 0.226 e. The average Bonchev–Trinajstić information content (AvgIpc) is 2.17. The SMILES string of the molecule is O=C(Cl)C1C2C=CC(CC2)C1C(=O)Cl. The Hall–Kier alpha value is -0.340. The van der Waals surface area contributed by atoms with Crippen LogP contribution in [-0.4, -0.2) is 10.5 Å². The summed E-state index contributed by atoms with van der Waals surface area (Å²) in [6.07, 6.45) is 5.86. The van der Waals surface area contributed by atoms with E-state index < -0.39 is 22.3 Å². The molecule has 0 spiro atoms. The minimum absolute atomic E-state index is 0.109. The van der Waals surface area contributed by atoms with Crippen molar-refractivity contribution in [3.8, 4) is 0 Å². The number of carbonyl (C=O) groups is 2. The lowest BCUT2D eigenvalue weighted by atomic mass is 9.63. The summed E-state index contributed by atoms with van der Waals surface area (Å²) in [7, 11) is 0. The molecule has 4 unspecified atom stereocenters. The van der Waals surface area contributed by atoms with Gasteiger partial charge in [0.25, 0.3) is 0 Å². The molecule has 1 saturated carbocycles. The highest BCUT2D eigenvalue weighted by atomic mass is 35.5. The molecule has 0 aromatic rings. The van der Waals surface area contributed by atoms with Crippen molar-refractivity contribution in [3.05, 3.63) is 12.2 Å². The fraction of sp³-hybridized carbons (Fsp3) is 0.600. The Balaban J connectivity index is 2.33. The van der Waals surface area contributed by atoms with Crippen molar-refractivity contribution in [1.29, 1.82) is 0 Å². The Kier molecular flexibility index (Phi) is 2.67. The monoisotopic (exact) mass is 232 g/mol. The van der Waals surface area contributed by atoms with Crippen LogP contribution < -0.4 is 0 Å². The van der Waals surface area contributed by atoms with E-state index in [-0.39, 0.29) is 11.8 Å². The number of carbonyl (C=O) groups excluding carboxylic acids is 2. The lowest BCUT2D eigenvalue weighted by Gasteiger charge is -2.41. The van der Waals surface area contributed by atoms with E-state index in [1.54, 1.807) is 0 Å². The van der Waals surface area contributed by atoms with Crippen molar-refractivity contribution in [2.45, 2.75) is 12.8 Å². The van der Waals surface area contributed by atoms with Crippen molar-refractivity contribution in [2.75, 3.05) is 0 Å². The molecule has 4 heteroatoms. The van der Waals surface area contributed by atoms with Crippen LogP contribution >= 0.6 is 23.2 Å². The fourth-order valence-corrected chi connectivity index (χ4v) is 3.21. The molecule has 14 heavy (non-hydrogen) atoms. The highest BCUT2D eigenvalue weighted by molar-refractivity contribution is 6.66. The van der Waals surface area contributed by atoms with Crippen LogP contribution in [0.1, 0.15) is 12.8 Å². The van der Waals surface area contributed by atoms with Crippen LogP contribution in [0.5, 0.6) is 0 Å². The molecule has 0 heterocycles.